The minimum atomic E-state index is -1.04. The van der Waals surface area contributed by atoms with Crippen LogP contribution < -0.4 is 0 Å². The average molecular weight is 257 g/mol. The fraction of sp³-hybridized carbons (Fsp3) is 0.300. The maximum Gasteiger partial charge on any atom is 0.142 e. The first-order chi connectivity index (χ1) is 6.61. The molecule has 1 unspecified atom stereocenters. The van der Waals surface area contributed by atoms with E-state index in [-0.39, 0.29) is 0 Å². The van der Waals surface area contributed by atoms with Gasteiger partial charge in [-0.3, -0.25) is 4.68 Å². The maximum absolute atomic E-state index is 13.3. The van der Waals surface area contributed by atoms with E-state index in [9.17, 15) is 4.39 Å². The Hall–Kier alpha value is -0.900. The molecule has 0 radical (unpaired) electrons. The highest BCUT2D eigenvalue weighted by Crippen LogP contribution is 2.31. The lowest BCUT2D eigenvalue weighted by atomic mass is 10.1. The Morgan fingerprint density at radius 3 is 2.86 bits per heavy atom. The third kappa shape index (κ3) is 1.34. The van der Waals surface area contributed by atoms with E-state index in [2.05, 4.69) is 21.0 Å². The fourth-order valence-corrected chi connectivity index (χ4v) is 2.14. The minimum Gasteiger partial charge on any atom is -0.268 e. The first kappa shape index (κ1) is 9.65. The van der Waals surface area contributed by atoms with Gasteiger partial charge in [0.25, 0.3) is 0 Å². The second kappa shape index (κ2) is 3.35. The Balaban J connectivity index is 2.86. The zero-order chi connectivity index (χ0) is 10.3. The normalized spacial score (nSPS) is 13.4. The van der Waals surface area contributed by atoms with Crippen LogP contribution in [0.4, 0.5) is 4.39 Å². The van der Waals surface area contributed by atoms with Crippen LogP contribution in [0.5, 0.6) is 0 Å². The van der Waals surface area contributed by atoms with Crippen molar-refractivity contribution in [1.29, 1.82) is 0 Å². The highest BCUT2D eigenvalue weighted by molar-refractivity contribution is 9.10. The summed E-state index contributed by atoms with van der Waals surface area (Å²) in [7, 11) is 1.82. The molecule has 2 aromatic rings. The highest BCUT2D eigenvalue weighted by Gasteiger charge is 2.15. The number of benzene rings is 1. The van der Waals surface area contributed by atoms with Crippen LogP contribution in [-0.2, 0) is 7.05 Å². The molecule has 0 N–H and O–H groups in total. The number of nitrogens with zero attached hydrogens (tertiary/aromatic N) is 2. The first-order valence-corrected chi connectivity index (χ1v) is 5.15. The number of aryl methyl sites for hydroxylation is 1. The summed E-state index contributed by atoms with van der Waals surface area (Å²) in [5.41, 5.74) is 1.44. The summed E-state index contributed by atoms with van der Waals surface area (Å²) in [6, 6.07) is 5.75. The van der Waals surface area contributed by atoms with Crippen molar-refractivity contribution in [2.75, 3.05) is 0 Å². The van der Waals surface area contributed by atoms with Crippen LogP contribution >= 0.6 is 15.9 Å². The molecule has 14 heavy (non-hydrogen) atoms. The molecule has 1 heterocycles. The molecule has 0 spiro atoms. The molecule has 2 nitrogen and oxygen atoms in total. The van der Waals surface area contributed by atoms with Gasteiger partial charge in [-0.1, -0.05) is 22.0 Å². The van der Waals surface area contributed by atoms with Gasteiger partial charge in [0.2, 0.25) is 0 Å². The van der Waals surface area contributed by atoms with Crippen LogP contribution in [0.3, 0.4) is 0 Å². The van der Waals surface area contributed by atoms with Crippen molar-refractivity contribution in [2.45, 2.75) is 13.1 Å². The zero-order valence-corrected chi connectivity index (χ0v) is 9.55. The van der Waals surface area contributed by atoms with E-state index in [1.54, 1.807) is 4.68 Å². The van der Waals surface area contributed by atoms with Crippen molar-refractivity contribution < 1.29 is 4.39 Å². The summed E-state index contributed by atoms with van der Waals surface area (Å²) < 4.78 is 15.9. The van der Waals surface area contributed by atoms with Gasteiger partial charge in [0, 0.05) is 16.9 Å². The number of fused-ring (bicyclic) bond motifs is 1. The van der Waals surface area contributed by atoms with Crippen LogP contribution in [0, 0.1) is 0 Å². The molecule has 74 valence electrons. The van der Waals surface area contributed by atoms with Crippen molar-refractivity contribution in [1.82, 2.24) is 9.78 Å². The van der Waals surface area contributed by atoms with Gasteiger partial charge in [-0.15, -0.1) is 0 Å². The molecule has 4 heteroatoms. The summed E-state index contributed by atoms with van der Waals surface area (Å²) in [5.74, 6) is 0. The van der Waals surface area contributed by atoms with Crippen molar-refractivity contribution in [3.05, 3.63) is 28.4 Å². The lowest BCUT2D eigenvalue weighted by Crippen LogP contribution is -1.92. The molecule has 0 aliphatic heterocycles. The number of aromatic nitrogens is 2. The first-order valence-electron chi connectivity index (χ1n) is 4.36. The van der Waals surface area contributed by atoms with Gasteiger partial charge in [-0.2, -0.15) is 5.10 Å². The second-order valence-corrected chi connectivity index (χ2v) is 4.11. The topological polar surface area (TPSA) is 17.8 Å². The van der Waals surface area contributed by atoms with Crippen molar-refractivity contribution >= 4 is 26.8 Å². The van der Waals surface area contributed by atoms with E-state index >= 15 is 0 Å². The smallest absolute Gasteiger partial charge is 0.142 e. The SMILES string of the molecule is CC(F)c1nn(C)c2cccc(Br)c12. The van der Waals surface area contributed by atoms with Gasteiger partial charge < -0.3 is 0 Å². The Labute approximate surface area is 89.8 Å². The van der Waals surface area contributed by atoms with Crippen molar-refractivity contribution in [2.24, 2.45) is 7.05 Å². The summed E-state index contributed by atoms with van der Waals surface area (Å²) in [6.45, 7) is 1.50. The largest absolute Gasteiger partial charge is 0.268 e. The Morgan fingerprint density at radius 1 is 1.50 bits per heavy atom. The third-order valence-electron chi connectivity index (χ3n) is 2.23. The molecule has 0 aliphatic carbocycles. The summed E-state index contributed by atoms with van der Waals surface area (Å²) in [6.07, 6.45) is -1.04. The van der Waals surface area contributed by atoms with E-state index in [1.807, 2.05) is 25.2 Å². The highest BCUT2D eigenvalue weighted by atomic mass is 79.9. The van der Waals surface area contributed by atoms with Gasteiger partial charge in [-0.25, -0.2) is 4.39 Å². The average Bonchev–Trinajstić information content (AvgIpc) is 2.46. The number of hydrogen-bond acceptors (Lipinski definition) is 1. The van der Waals surface area contributed by atoms with Crippen LogP contribution in [0.15, 0.2) is 22.7 Å². The monoisotopic (exact) mass is 256 g/mol. The zero-order valence-electron chi connectivity index (χ0n) is 7.96. The second-order valence-electron chi connectivity index (χ2n) is 3.26. The summed E-state index contributed by atoms with van der Waals surface area (Å²) >= 11 is 3.41. The molecule has 1 atom stereocenters. The van der Waals surface area contributed by atoms with Gasteiger partial charge >= 0.3 is 0 Å². The third-order valence-corrected chi connectivity index (χ3v) is 2.89. The van der Waals surface area contributed by atoms with Crippen LogP contribution in [0.1, 0.15) is 18.8 Å². The van der Waals surface area contributed by atoms with Crippen molar-refractivity contribution in [3.63, 3.8) is 0 Å². The molecule has 2 rings (SSSR count). The Bertz CT molecular complexity index is 476. The van der Waals surface area contributed by atoms with E-state index in [0.717, 1.165) is 15.4 Å². The predicted octanol–water partition coefficient (Wildman–Crippen LogP) is 3.37. The molecule has 0 amide bonds. The Kier molecular flexibility index (Phi) is 2.31. The lowest BCUT2D eigenvalue weighted by molar-refractivity contribution is 0.365. The van der Waals surface area contributed by atoms with Crippen LogP contribution in [0.2, 0.25) is 0 Å². The van der Waals surface area contributed by atoms with Gasteiger partial charge in [0.1, 0.15) is 11.9 Å². The van der Waals surface area contributed by atoms with E-state index < -0.39 is 6.17 Å². The quantitative estimate of drug-likeness (QED) is 0.765. The number of alkyl halides is 1. The van der Waals surface area contributed by atoms with Gasteiger partial charge in [0.15, 0.2) is 0 Å². The van der Waals surface area contributed by atoms with Crippen LogP contribution in [-0.4, -0.2) is 9.78 Å². The molecule has 0 saturated heterocycles. The maximum atomic E-state index is 13.3. The number of rotatable bonds is 1. The van der Waals surface area contributed by atoms with Gasteiger partial charge in [-0.05, 0) is 19.1 Å². The van der Waals surface area contributed by atoms with Crippen LogP contribution in [0.25, 0.3) is 10.9 Å². The fourth-order valence-electron chi connectivity index (χ4n) is 1.58. The molecule has 0 fully saturated rings. The number of hydrogen-bond donors (Lipinski definition) is 0. The molecule has 0 aliphatic rings. The summed E-state index contributed by atoms with van der Waals surface area (Å²) in [5, 5.41) is 5.03. The number of halogens is 2. The van der Waals surface area contributed by atoms with E-state index in [1.165, 1.54) is 6.92 Å². The molecule has 1 aromatic carbocycles. The molecular weight excluding hydrogens is 247 g/mol. The Morgan fingerprint density at radius 2 is 2.21 bits per heavy atom. The van der Waals surface area contributed by atoms with Crippen molar-refractivity contribution in [3.8, 4) is 0 Å². The lowest BCUT2D eigenvalue weighted by Gasteiger charge is -1.98. The summed E-state index contributed by atoms with van der Waals surface area (Å²) in [4.78, 5) is 0. The minimum absolute atomic E-state index is 0.495. The predicted molar refractivity (Wildman–Crippen MR) is 57.9 cm³/mol. The standard InChI is InChI=1S/C10H10BrFN2/c1-6(12)10-9-7(11)4-3-5-8(9)14(2)13-10/h3-6H,1-2H3. The molecule has 0 bridgehead atoms. The van der Waals surface area contributed by atoms with Gasteiger partial charge in [0.05, 0.1) is 5.52 Å². The molecule has 0 saturated carbocycles. The van der Waals surface area contributed by atoms with E-state index in [4.69, 9.17) is 0 Å². The van der Waals surface area contributed by atoms with E-state index in [0.29, 0.717) is 5.69 Å². The molecular formula is C10H10BrFN2. The molecule has 1 aromatic heterocycles.